The minimum absolute atomic E-state index is 1.15. The zero-order valence-corrected chi connectivity index (χ0v) is 36.4. The van der Waals surface area contributed by atoms with Gasteiger partial charge in [0, 0.05) is 61.0 Å². The first kappa shape index (κ1) is 38.8. The highest BCUT2D eigenvalue weighted by Gasteiger charge is 2.16. The zero-order valence-electron chi connectivity index (χ0n) is 32.3. The Balaban J connectivity index is 1.04. The molecule has 0 saturated carbocycles. The molecule has 0 aliphatic heterocycles. The molecule has 1 nitrogen and oxygen atoms in total. The molecule has 5 heterocycles. The number of benzene rings is 3. The van der Waals surface area contributed by atoms with Crippen molar-refractivity contribution in [3.8, 4) is 50.8 Å². The number of unbranched alkanes of at least 4 members (excludes halogenated alkanes) is 6. The van der Waals surface area contributed by atoms with Crippen LogP contribution in [0.3, 0.4) is 0 Å². The summed E-state index contributed by atoms with van der Waals surface area (Å²) in [4.78, 5) is 14.7. The van der Waals surface area contributed by atoms with Gasteiger partial charge in [0.25, 0.3) is 0 Å². The SMILES string of the molecule is CCCCCCc1ccc(-c2ccc(N(c3ccc(-c4ccc(CCCCCC)s4)cc3)c3ccc(-c4ccc(-c5ccc(-c6cccs6)s5)s4)cc3)cc2)s1. The normalized spacial score (nSPS) is 11.4. The molecule has 0 radical (unpaired) electrons. The molecular weight excluding hydrogens is 775 g/mol. The van der Waals surface area contributed by atoms with Crippen molar-refractivity contribution in [3.05, 3.63) is 149 Å². The Morgan fingerprint density at radius 2 is 0.750 bits per heavy atom. The molecule has 0 fully saturated rings. The first-order valence-corrected chi connectivity index (χ1v) is 24.3. The fourth-order valence-electron chi connectivity index (χ4n) is 7.21. The zero-order chi connectivity index (χ0) is 38.1. The maximum absolute atomic E-state index is 2.40. The van der Waals surface area contributed by atoms with Crippen LogP contribution in [-0.2, 0) is 12.8 Å². The van der Waals surface area contributed by atoms with Gasteiger partial charge in [0.1, 0.15) is 0 Å². The van der Waals surface area contributed by atoms with E-state index >= 15 is 0 Å². The minimum Gasteiger partial charge on any atom is -0.311 e. The molecular formula is C50H49NS5. The molecule has 0 spiro atoms. The molecule has 0 saturated heterocycles. The lowest BCUT2D eigenvalue weighted by Crippen LogP contribution is -2.09. The van der Waals surface area contributed by atoms with E-state index in [4.69, 9.17) is 0 Å². The average Bonchev–Trinajstić information content (AvgIpc) is 4.09. The topological polar surface area (TPSA) is 3.24 Å². The van der Waals surface area contributed by atoms with E-state index in [0.717, 1.165) is 17.1 Å². The summed E-state index contributed by atoms with van der Waals surface area (Å²) < 4.78 is 0. The van der Waals surface area contributed by atoms with Crippen LogP contribution in [0.5, 0.6) is 0 Å². The summed E-state index contributed by atoms with van der Waals surface area (Å²) in [6.45, 7) is 4.56. The van der Waals surface area contributed by atoms with Crippen molar-refractivity contribution in [1.29, 1.82) is 0 Å². The van der Waals surface area contributed by atoms with Crippen LogP contribution in [0.25, 0.3) is 50.8 Å². The molecule has 3 aromatic carbocycles. The summed E-state index contributed by atoms with van der Waals surface area (Å²) in [5.41, 5.74) is 7.30. The molecule has 0 aliphatic rings. The quantitative estimate of drug-likeness (QED) is 0.0779. The molecule has 8 aromatic rings. The number of nitrogens with zero attached hydrogens (tertiary/aromatic N) is 1. The molecule has 0 bridgehead atoms. The first-order chi connectivity index (χ1) is 27.6. The van der Waals surface area contributed by atoms with Crippen molar-refractivity contribution in [2.75, 3.05) is 4.90 Å². The molecule has 8 rings (SSSR count). The highest BCUT2D eigenvalue weighted by molar-refractivity contribution is 7.27. The number of anilines is 3. The molecule has 0 amide bonds. The Morgan fingerprint density at radius 1 is 0.357 bits per heavy atom. The Kier molecular flexibility index (Phi) is 13.1. The van der Waals surface area contributed by atoms with Crippen LogP contribution in [-0.4, -0.2) is 0 Å². The molecule has 284 valence electrons. The number of hydrogen-bond donors (Lipinski definition) is 0. The van der Waals surface area contributed by atoms with Crippen molar-refractivity contribution in [1.82, 2.24) is 0 Å². The van der Waals surface area contributed by atoms with Crippen LogP contribution in [0.1, 0.15) is 75.0 Å². The molecule has 5 aromatic heterocycles. The molecule has 56 heavy (non-hydrogen) atoms. The van der Waals surface area contributed by atoms with Crippen LogP contribution in [0.4, 0.5) is 17.1 Å². The third-order valence-corrected chi connectivity index (χ3v) is 16.2. The lowest BCUT2D eigenvalue weighted by atomic mass is 10.1. The van der Waals surface area contributed by atoms with Gasteiger partial charge in [-0.2, -0.15) is 0 Å². The Labute approximate surface area is 353 Å². The largest absolute Gasteiger partial charge is 0.311 e. The molecule has 0 aliphatic carbocycles. The highest BCUT2D eigenvalue weighted by atomic mass is 32.1. The first-order valence-electron chi connectivity index (χ1n) is 20.2. The van der Waals surface area contributed by atoms with Crippen molar-refractivity contribution in [2.45, 2.75) is 78.1 Å². The summed E-state index contributed by atoms with van der Waals surface area (Å²) in [5, 5.41) is 2.15. The summed E-state index contributed by atoms with van der Waals surface area (Å²) >= 11 is 9.45. The second-order valence-electron chi connectivity index (χ2n) is 14.4. The standard InChI is InChI=1S/C50H49NS5/c1-3-5-7-9-12-42-27-29-44(53-42)36-15-21-39(22-16-36)51(40-23-17-37(18-24-40)45-30-28-43(54-45)13-10-8-6-4-2)41-25-19-38(20-26-41)46-31-32-49(55-46)50-34-33-48(56-50)47-14-11-35-52-47/h11,14-35H,3-10,12-13H2,1-2H3. The summed E-state index contributed by atoms with van der Waals surface area (Å²) in [6.07, 6.45) is 12.8. The van der Waals surface area contributed by atoms with Gasteiger partial charge in [-0.3, -0.25) is 0 Å². The van der Waals surface area contributed by atoms with Crippen LogP contribution in [0, 0.1) is 0 Å². The van der Waals surface area contributed by atoms with Gasteiger partial charge in [0.05, 0.1) is 0 Å². The van der Waals surface area contributed by atoms with Crippen LogP contribution >= 0.6 is 56.7 Å². The summed E-state index contributed by atoms with van der Waals surface area (Å²) in [7, 11) is 0. The number of thiophene rings is 5. The van der Waals surface area contributed by atoms with E-state index in [1.807, 2.05) is 45.3 Å². The predicted molar refractivity (Wildman–Crippen MR) is 253 cm³/mol. The van der Waals surface area contributed by atoms with Gasteiger partial charge < -0.3 is 4.90 Å². The van der Waals surface area contributed by atoms with E-state index in [2.05, 4.69) is 158 Å². The Morgan fingerprint density at radius 3 is 1.18 bits per heavy atom. The second kappa shape index (κ2) is 18.9. The van der Waals surface area contributed by atoms with E-state index in [1.165, 1.54) is 125 Å². The number of rotatable bonds is 18. The average molecular weight is 824 g/mol. The van der Waals surface area contributed by atoms with Gasteiger partial charge >= 0.3 is 0 Å². The summed E-state index contributed by atoms with van der Waals surface area (Å²) in [6, 6.07) is 50.2. The van der Waals surface area contributed by atoms with Gasteiger partial charge in [0.2, 0.25) is 0 Å². The van der Waals surface area contributed by atoms with Crippen molar-refractivity contribution in [2.24, 2.45) is 0 Å². The summed E-state index contributed by atoms with van der Waals surface area (Å²) in [5.74, 6) is 0. The number of hydrogen-bond acceptors (Lipinski definition) is 6. The van der Waals surface area contributed by atoms with E-state index in [0.29, 0.717) is 0 Å². The van der Waals surface area contributed by atoms with E-state index < -0.39 is 0 Å². The molecule has 0 unspecified atom stereocenters. The van der Waals surface area contributed by atoms with Crippen LogP contribution in [0.15, 0.2) is 139 Å². The van der Waals surface area contributed by atoms with E-state index in [1.54, 1.807) is 11.3 Å². The van der Waals surface area contributed by atoms with Gasteiger partial charge in [-0.1, -0.05) is 94.8 Å². The van der Waals surface area contributed by atoms with Crippen molar-refractivity contribution >= 4 is 73.7 Å². The van der Waals surface area contributed by atoms with Crippen LogP contribution < -0.4 is 4.90 Å². The second-order valence-corrected chi connectivity index (χ2v) is 19.9. The number of aryl methyl sites for hydroxylation is 2. The molecule has 6 heteroatoms. The predicted octanol–water partition coefficient (Wildman–Crippen LogP) is 18.0. The highest BCUT2D eigenvalue weighted by Crippen LogP contribution is 2.43. The Bertz CT molecular complexity index is 2290. The van der Waals surface area contributed by atoms with Crippen LogP contribution in [0.2, 0.25) is 0 Å². The van der Waals surface area contributed by atoms with Gasteiger partial charge in [-0.05, 0) is 139 Å². The lowest BCUT2D eigenvalue weighted by Gasteiger charge is -2.26. The third-order valence-electron chi connectivity index (χ3n) is 10.3. The minimum atomic E-state index is 1.15. The van der Waals surface area contributed by atoms with Gasteiger partial charge in [-0.15, -0.1) is 56.7 Å². The maximum atomic E-state index is 2.40. The Hall–Kier alpha value is -4.04. The maximum Gasteiger partial charge on any atom is 0.0462 e. The fourth-order valence-corrected chi connectivity index (χ4v) is 12.3. The van der Waals surface area contributed by atoms with E-state index in [9.17, 15) is 0 Å². The van der Waals surface area contributed by atoms with Crippen molar-refractivity contribution < 1.29 is 0 Å². The molecule has 0 atom stereocenters. The monoisotopic (exact) mass is 823 g/mol. The van der Waals surface area contributed by atoms with E-state index in [-0.39, 0.29) is 0 Å². The fraction of sp³-hybridized carbons (Fsp3) is 0.240. The van der Waals surface area contributed by atoms with Gasteiger partial charge in [0.15, 0.2) is 0 Å². The lowest BCUT2D eigenvalue weighted by molar-refractivity contribution is 0.670. The smallest absolute Gasteiger partial charge is 0.0462 e. The molecule has 0 N–H and O–H groups in total. The van der Waals surface area contributed by atoms with Gasteiger partial charge in [-0.25, -0.2) is 0 Å². The third kappa shape index (κ3) is 9.39. The van der Waals surface area contributed by atoms with Crippen molar-refractivity contribution in [3.63, 3.8) is 0 Å².